The van der Waals surface area contributed by atoms with Crippen LogP contribution < -0.4 is 11.1 Å². The maximum absolute atomic E-state index is 13.1. The predicted octanol–water partition coefficient (Wildman–Crippen LogP) is 2.22. The van der Waals surface area contributed by atoms with Gasteiger partial charge in [0.2, 0.25) is 5.91 Å². The minimum absolute atomic E-state index is 0.0707. The lowest BCUT2D eigenvalue weighted by atomic mass is 9.70. The predicted molar refractivity (Wildman–Crippen MR) is 133 cm³/mol. The van der Waals surface area contributed by atoms with Crippen LogP contribution in [0.4, 0.5) is 0 Å². The number of aliphatic hydroxyl groups excluding tert-OH is 1. The quantitative estimate of drug-likeness (QED) is 0.354. The Kier molecular flexibility index (Phi) is 7.73. The normalized spacial score (nSPS) is 22.9. The number of thiazole rings is 1. The Morgan fingerprint density at radius 2 is 1.94 bits per heavy atom. The van der Waals surface area contributed by atoms with E-state index in [0.717, 1.165) is 12.8 Å². The van der Waals surface area contributed by atoms with Gasteiger partial charge in [0.25, 0.3) is 5.91 Å². The van der Waals surface area contributed by atoms with Crippen molar-refractivity contribution in [3.63, 3.8) is 0 Å². The van der Waals surface area contributed by atoms with Crippen LogP contribution in [-0.4, -0.2) is 54.7 Å². The van der Waals surface area contributed by atoms with E-state index in [1.54, 1.807) is 17.6 Å². The molecule has 10 heteroatoms. The third-order valence-electron chi connectivity index (χ3n) is 6.98. The van der Waals surface area contributed by atoms with E-state index in [2.05, 4.69) is 27.2 Å². The molecule has 0 aliphatic heterocycles. The van der Waals surface area contributed by atoms with Crippen LogP contribution in [0.25, 0.3) is 11.0 Å². The highest BCUT2D eigenvalue weighted by Gasteiger charge is 2.44. The highest BCUT2D eigenvalue weighted by molar-refractivity contribution is 7.07. The van der Waals surface area contributed by atoms with E-state index in [1.165, 1.54) is 17.5 Å². The molecule has 3 unspecified atom stereocenters. The van der Waals surface area contributed by atoms with Crippen molar-refractivity contribution >= 4 is 34.2 Å². The molecule has 0 radical (unpaired) electrons. The number of primary amides is 1. The Balaban J connectivity index is 1.53. The molecule has 5 N–H and O–H groups in total. The summed E-state index contributed by atoms with van der Waals surface area (Å²) in [7, 11) is 0. The monoisotopic (exact) mass is 497 g/mol. The third kappa shape index (κ3) is 6.01. The molecule has 0 bridgehead atoms. The number of para-hydroxylation sites is 2. The fourth-order valence-corrected chi connectivity index (χ4v) is 5.34. The zero-order valence-electron chi connectivity index (χ0n) is 19.6. The number of nitrogens with one attached hydrogen (secondary N) is 1. The first-order valence-corrected chi connectivity index (χ1v) is 12.8. The number of carbonyl (C=O) groups excluding carboxylic acids is 2. The van der Waals surface area contributed by atoms with E-state index < -0.39 is 35.5 Å². The fraction of sp³-hybridized carbons (Fsp3) is 0.480. The van der Waals surface area contributed by atoms with E-state index in [0.29, 0.717) is 35.5 Å². The van der Waals surface area contributed by atoms with E-state index in [4.69, 9.17) is 5.73 Å². The van der Waals surface area contributed by atoms with Crippen molar-refractivity contribution in [2.24, 2.45) is 17.6 Å². The van der Waals surface area contributed by atoms with Gasteiger partial charge in [0, 0.05) is 11.8 Å². The Hall–Kier alpha value is -2.95. The summed E-state index contributed by atoms with van der Waals surface area (Å²) >= 11 is 1.41. The number of aliphatic hydroxyl groups is 2. The molecule has 2 aromatic heterocycles. The molecule has 1 fully saturated rings. The lowest BCUT2D eigenvalue weighted by molar-refractivity contribution is -0.138. The number of rotatable bonds is 9. The van der Waals surface area contributed by atoms with Crippen LogP contribution in [0.2, 0.25) is 0 Å². The number of nitrogens with two attached hydrogens (primary N) is 1. The van der Waals surface area contributed by atoms with Crippen molar-refractivity contribution in [2.45, 2.75) is 63.2 Å². The highest BCUT2D eigenvalue weighted by Crippen LogP contribution is 2.39. The number of hydrogen-bond acceptors (Lipinski definition) is 8. The number of hydrogen-bond donors (Lipinski definition) is 4. The van der Waals surface area contributed by atoms with Crippen molar-refractivity contribution in [2.75, 3.05) is 0 Å². The van der Waals surface area contributed by atoms with Gasteiger partial charge in [-0.2, -0.15) is 0 Å². The SMILES string of the molecule is CC1CCC(O)(C(CC(O)C(Cc2cscn2)NC(=O)c2cnc3ccccc3n2)C(N)=O)CC1. The number of fused-ring (bicyclic) bond motifs is 1. The van der Waals surface area contributed by atoms with Gasteiger partial charge in [0.1, 0.15) is 5.69 Å². The summed E-state index contributed by atoms with van der Waals surface area (Å²) in [5.41, 5.74) is 8.17. The van der Waals surface area contributed by atoms with Gasteiger partial charge in [-0.1, -0.05) is 19.1 Å². The Bertz CT molecular complexity index is 1160. The summed E-state index contributed by atoms with van der Waals surface area (Å²) in [4.78, 5) is 38.4. The van der Waals surface area contributed by atoms with Gasteiger partial charge in [-0.3, -0.25) is 14.6 Å². The van der Waals surface area contributed by atoms with Crippen molar-refractivity contribution in [3.8, 4) is 0 Å². The largest absolute Gasteiger partial charge is 0.391 e. The molecule has 9 nitrogen and oxygen atoms in total. The first-order chi connectivity index (χ1) is 16.7. The average molecular weight is 498 g/mol. The molecule has 1 aliphatic carbocycles. The molecular weight excluding hydrogens is 466 g/mol. The minimum atomic E-state index is -1.27. The van der Waals surface area contributed by atoms with Crippen LogP contribution in [0.15, 0.2) is 41.4 Å². The van der Waals surface area contributed by atoms with Crippen LogP contribution in [-0.2, 0) is 11.2 Å². The molecule has 1 aliphatic rings. The molecule has 3 atom stereocenters. The molecule has 0 spiro atoms. The van der Waals surface area contributed by atoms with E-state index in [1.807, 2.05) is 17.5 Å². The smallest absolute Gasteiger partial charge is 0.271 e. The van der Waals surface area contributed by atoms with Gasteiger partial charge in [0.15, 0.2) is 0 Å². The van der Waals surface area contributed by atoms with Gasteiger partial charge < -0.3 is 21.3 Å². The number of benzene rings is 1. The van der Waals surface area contributed by atoms with Crippen molar-refractivity contribution in [3.05, 3.63) is 52.7 Å². The zero-order valence-corrected chi connectivity index (χ0v) is 20.4. The van der Waals surface area contributed by atoms with Gasteiger partial charge in [-0.25, -0.2) is 9.97 Å². The molecule has 3 aromatic rings. The summed E-state index contributed by atoms with van der Waals surface area (Å²) in [5, 5.41) is 27.1. The molecule has 35 heavy (non-hydrogen) atoms. The second-order valence-corrected chi connectivity index (χ2v) is 10.3. The molecule has 0 saturated heterocycles. The standard InChI is InChI=1S/C25H31N5O4S/c1-15-6-8-25(34,9-7-15)17(23(26)32)11-22(31)20(10-16-13-35-14-28-16)30-24(33)21-12-27-18-4-2-3-5-19(18)29-21/h2-5,12-15,17,20,22,31,34H,6-11H2,1H3,(H2,26,32)(H,30,33). The first-order valence-electron chi connectivity index (χ1n) is 11.8. The molecule has 2 heterocycles. The van der Waals surface area contributed by atoms with E-state index in [9.17, 15) is 19.8 Å². The second-order valence-electron chi connectivity index (χ2n) is 9.55. The van der Waals surface area contributed by atoms with Crippen LogP contribution in [0.5, 0.6) is 0 Å². The average Bonchev–Trinajstić information content (AvgIpc) is 3.36. The number of nitrogens with zero attached hydrogens (tertiary/aromatic N) is 3. The fourth-order valence-electron chi connectivity index (χ4n) is 4.77. The molecule has 1 saturated carbocycles. The van der Waals surface area contributed by atoms with Crippen molar-refractivity contribution < 1.29 is 19.8 Å². The molecule has 186 valence electrons. The number of aromatic nitrogens is 3. The van der Waals surface area contributed by atoms with Crippen molar-refractivity contribution in [1.29, 1.82) is 0 Å². The van der Waals surface area contributed by atoms with Crippen LogP contribution in [0.3, 0.4) is 0 Å². The number of carbonyl (C=O) groups is 2. The van der Waals surface area contributed by atoms with Gasteiger partial charge in [-0.05, 0) is 50.2 Å². The van der Waals surface area contributed by atoms with Gasteiger partial charge in [0.05, 0.1) is 52.1 Å². The third-order valence-corrected chi connectivity index (χ3v) is 7.62. The van der Waals surface area contributed by atoms with Crippen LogP contribution in [0, 0.1) is 11.8 Å². The summed E-state index contributed by atoms with van der Waals surface area (Å²) < 4.78 is 0. The number of amides is 2. The van der Waals surface area contributed by atoms with E-state index >= 15 is 0 Å². The van der Waals surface area contributed by atoms with Crippen molar-refractivity contribution in [1.82, 2.24) is 20.3 Å². The summed E-state index contributed by atoms with van der Waals surface area (Å²) in [6.07, 6.45) is 2.90. The maximum atomic E-state index is 13.1. The molecule has 4 rings (SSSR count). The van der Waals surface area contributed by atoms with Crippen LogP contribution in [0.1, 0.15) is 55.2 Å². The molecular formula is C25H31N5O4S. The molecule has 1 aromatic carbocycles. The summed E-state index contributed by atoms with van der Waals surface area (Å²) in [6, 6.07) is 6.45. The topological polar surface area (TPSA) is 151 Å². The Labute approximate surface area is 207 Å². The lowest BCUT2D eigenvalue weighted by Crippen LogP contribution is -2.52. The zero-order chi connectivity index (χ0) is 25.0. The highest BCUT2D eigenvalue weighted by atomic mass is 32.1. The first kappa shape index (κ1) is 25.2. The molecule has 2 amide bonds. The van der Waals surface area contributed by atoms with Gasteiger partial charge >= 0.3 is 0 Å². The van der Waals surface area contributed by atoms with Crippen LogP contribution >= 0.6 is 11.3 Å². The minimum Gasteiger partial charge on any atom is -0.391 e. The Morgan fingerprint density at radius 3 is 2.60 bits per heavy atom. The van der Waals surface area contributed by atoms with E-state index in [-0.39, 0.29) is 18.5 Å². The lowest BCUT2D eigenvalue weighted by Gasteiger charge is -2.41. The van der Waals surface area contributed by atoms with Gasteiger partial charge in [-0.15, -0.1) is 11.3 Å². The Morgan fingerprint density at radius 1 is 1.23 bits per heavy atom. The summed E-state index contributed by atoms with van der Waals surface area (Å²) in [6.45, 7) is 2.11. The summed E-state index contributed by atoms with van der Waals surface area (Å²) in [5.74, 6) is -1.61. The maximum Gasteiger partial charge on any atom is 0.271 e. The second kappa shape index (κ2) is 10.8.